The zero-order chi connectivity index (χ0) is 14.5. The van der Waals surface area contributed by atoms with E-state index in [0.717, 1.165) is 56.9 Å². The number of hydrogen-bond acceptors (Lipinski definition) is 3. The highest BCUT2D eigenvalue weighted by molar-refractivity contribution is 5.96. The lowest BCUT2D eigenvalue weighted by molar-refractivity contribution is -0.120. The predicted molar refractivity (Wildman–Crippen MR) is 84.6 cm³/mol. The molecule has 1 aliphatic heterocycles. The Morgan fingerprint density at radius 1 is 1.19 bits per heavy atom. The van der Waals surface area contributed by atoms with Gasteiger partial charge >= 0.3 is 0 Å². The van der Waals surface area contributed by atoms with Gasteiger partial charge in [0.25, 0.3) is 0 Å². The first-order chi connectivity index (χ1) is 10.3. The minimum atomic E-state index is 0.104. The van der Waals surface area contributed by atoms with Crippen LogP contribution in [-0.4, -0.2) is 32.2 Å². The summed E-state index contributed by atoms with van der Waals surface area (Å²) in [5, 5.41) is 3.12. The predicted octanol–water partition coefficient (Wildman–Crippen LogP) is 2.82. The molecule has 0 bridgehead atoms. The highest BCUT2D eigenvalue weighted by Crippen LogP contribution is 2.28. The fraction of sp³-hybridized carbons (Fsp3) is 0.471. The van der Waals surface area contributed by atoms with E-state index < -0.39 is 0 Å². The van der Waals surface area contributed by atoms with Gasteiger partial charge in [-0.1, -0.05) is 24.3 Å². The number of amides is 1. The molecule has 4 nitrogen and oxygen atoms in total. The minimum absolute atomic E-state index is 0.104. The van der Waals surface area contributed by atoms with E-state index in [4.69, 9.17) is 4.74 Å². The maximum atomic E-state index is 12.4. The smallest absolute Gasteiger partial charge is 0.227 e. The van der Waals surface area contributed by atoms with Crippen molar-refractivity contribution < 1.29 is 9.53 Å². The zero-order valence-electron chi connectivity index (χ0n) is 12.3. The first kappa shape index (κ1) is 14.1. The number of allylic oxidation sites excluding steroid dienone is 2. The van der Waals surface area contributed by atoms with Crippen LogP contribution in [0, 0.1) is 5.92 Å². The summed E-state index contributed by atoms with van der Waals surface area (Å²) in [5.41, 5.74) is 2.01. The van der Waals surface area contributed by atoms with Crippen LogP contribution in [0.2, 0.25) is 0 Å². The van der Waals surface area contributed by atoms with Crippen molar-refractivity contribution >= 4 is 17.3 Å². The van der Waals surface area contributed by atoms with Crippen LogP contribution in [0.1, 0.15) is 19.3 Å². The molecule has 1 unspecified atom stereocenters. The molecule has 112 valence electrons. The monoisotopic (exact) mass is 286 g/mol. The Morgan fingerprint density at radius 3 is 2.76 bits per heavy atom. The van der Waals surface area contributed by atoms with Crippen molar-refractivity contribution in [2.24, 2.45) is 5.92 Å². The van der Waals surface area contributed by atoms with Crippen LogP contribution in [0.4, 0.5) is 11.4 Å². The summed E-state index contributed by atoms with van der Waals surface area (Å²) in [7, 11) is 0. The van der Waals surface area contributed by atoms with E-state index in [1.165, 1.54) is 0 Å². The third kappa shape index (κ3) is 3.45. The van der Waals surface area contributed by atoms with Gasteiger partial charge in [0.05, 0.1) is 24.6 Å². The second kappa shape index (κ2) is 6.76. The third-order valence-corrected chi connectivity index (χ3v) is 4.15. The molecule has 1 aromatic rings. The molecule has 4 heteroatoms. The minimum Gasteiger partial charge on any atom is -0.378 e. The van der Waals surface area contributed by atoms with Gasteiger partial charge < -0.3 is 15.0 Å². The van der Waals surface area contributed by atoms with Crippen molar-refractivity contribution in [3.05, 3.63) is 36.4 Å². The lowest BCUT2D eigenvalue weighted by Gasteiger charge is -2.31. The molecule has 1 aromatic carbocycles. The molecule has 1 amide bonds. The Balaban J connectivity index is 1.72. The molecule has 1 heterocycles. The van der Waals surface area contributed by atoms with Gasteiger partial charge in [-0.25, -0.2) is 0 Å². The van der Waals surface area contributed by atoms with Gasteiger partial charge in [0.15, 0.2) is 0 Å². The topological polar surface area (TPSA) is 41.6 Å². The second-order valence-electron chi connectivity index (χ2n) is 5.59. The molecule has 0 spiro atoms. The van der Waals surface area contributed by atoms with E-state index in [2.05, 4.69) is 28.4 Å². The zero-order valence-corrected chi connectivity index (χ0v) is 12.3. The van der Waals surface area contributed by atoms with Crippen molar-refractivity contribution in [1.29, 1.82) is 0 Å². The number of rotatable bonds is 3. The van der Waals surface area contributed by atoms with Crippen molar-refractivity contribution in [2.45, 2.75) is 19.3 Å². The van der Waals surface area contributed by atoms with E-state index in [0.29, 0.717) is 0 Å². The van der Waals surface area contributed by atoms with Gasteiger partial charge in [-0.05, 0) is 31.4 Å². The summed E-state index contributed by atoms with van der Waals surface area (Å²) >= 11 is 0. The van der Waals surface area contributed by atoms with E-state index in [1.807, 2.05) is 18.2 Å². The summed E-state index contributed by atoms with van der Waals surface area (Å²) in [6.07, 6.45) is 7.07. The molecule has 1 saturated heterocycles. The molecule has 0 saturated carbocycles. The molecule has 2 aliphatic rings. The molecular weight excluding hydrogens is 264 g/mol. The Kier molecular flexibility index (Phi) is 4.55. The number of para-hydroxylation sites is 2. The number of hydrogen-bond donors (Lipinski definition) is 1. The summed E-state index contributed by atoms with van der Waals surface area (Å²) < 4.78 is 5.40. The van der Waals surface area contributed by atoms with E-state index >= 15 is 0 Å². The van der Waals surface area contributed by atoms with Crippen LogP contribution in [0.15, 0.2) is 36.4 Å². The summed E-state index contributed by atoms with van der Waals surface area (Å²) in [4.78, 5) is 14.7. The maximum absolute atomic E-state index is 12.4. The molecule has 0 aromatic heterocycles. The molecule has 1 aliphatic carbocycles. The summed E-state index contributed by atoms with van der Waals surface area (Å²) in [5.74, 6) is 0.243. The molecular formula is C17H22N2O2. The Bertz CT molecular complexity index is 521. The molecule has 1 N–H and O–H groups in total. The number of nitrogens with one attached hydrogen (secondary N) is 1. The van der Waals surface area contributed by atoms with E-state index in [1.54, 1.807) is 0 Å². The summed E-state index contributed by atoms with van der Waals surface area (Å²) in [6, 6.07) is 8.05. The molecule has 1 atom stereocenters. The van der Waals surface area contributed by atoms with Crippen LogP contribution in [0.25, 0.3) is 0 Å². The van der Waals surface area contributed by atoms with Crippen molar-refractivity contribution in [1.82, 2.24) is 0 Å². The Morgan fingerprint density at radius 2 is 2.00 bits per heavy atom. The number of carbonyl (C=O) groups is 1. The third-order valence-electron chi connectivity index (χ3n) is 4.15. The van der Waals surface area contributed by atoms with E-state index in [9.17, 15) is 4.79 Å². The van der Waals surface area contributed by atoms with Crippen LogP contribution >= 0.6 is 0 Å². The second-order valence-corrected chi connectivity index (χ2v) is 5.59. The highest BCUT2D eigenvalue weighted by atomic mass is 16.5. The Hall–Kier alpha value is -1.81. The van der Waals surface area contributed by atoms with Crippen LogP contribution in [0.5, 0.6) is 0 Å². The molecule has 21 heavy (non-hydrogen) atoms. The van der Waals surface area contributed by atoms with Gasteiger partial charge in [-0.15, -0.1) is 0 Å². The highest BCUT2D eigenvalue weighted by Gasteiger charge is 2.21. The molecule has 3 rings (SSSR count). The number of morpholine rings is 1. The van der Waals surface area contributed by atoms with Crippen molar-refractivity contribution in [3.63, 3.8) is 0 Å². The number of ether oxygens (including phenoxy) is 1. The standard InChI is InChI=1S/C17H22N2O2/c20-17(14-6-2-1-3-7-14)18-15-8-4-5-9-16(15)19-10-12-21-13-11-19/h1-2,4-5,8-9,14H,3,6-7,10-13H2,(H,18,20). The fourth-order valence-electron chi connectivity index (χ4n) is 2.93. The van der Waals surface area contributed by atoms with Crippen LogP contribution in [0.3, 0.4) is 0 Å². The van der Waals surface area contributed by atoms with Gasteiger partial charge in [0.1, 0.15) is 0 Å². The summed E-state index contributed by atoms with van der Waals surface area (Å²) in [6.45, 7) is 3.24. The largest absolute Gasteiger partial charge is 0.378 e. The SMILES string of the molecule is O=C(Nc1ccccc1N1CCOCC1)C1CC=CCC1. The van der Waals surface area contributed by atoms with Gasteiger partial charge in [-0.2, -0.15) is 0 Å². The van der Waals surface area contributed by atoms with Crippen molar-refractivity contribution in [3.8, 4) is 0 Å². The Labute approximate surface area is 125 Å². The first-order valence-electron chi connectivity index (χ1n) is 7.72. The normalized spacial score (nSPS) is 22.1. The maximum Gasteiger partial charge on any atom is 0.227 e. The van der Waals surface area contributed by atoms with E-state index in [-0.39, 0.29) is 11.8 Å². The fourth-order valence-corrected chi connectivity index (χ4v) is 2.93. The lowest BCUT2D eigenvalue weighted by atomic mass is 9.93. The molecule has 0 radical (unpaired) electrons. The van der Waals surface area contributed by atoms with Crippen molar-refractivity contribution in [2.75, 3.05) is 36.5 Å². The van der Waals surface area contributed by atoms with Gasteiger partial charge in [-0.3, -0.25) is 4.79 Å². The number of anilines is 2. The number of benzene rings is 1. The average Bonchev–Trinajstić information content (AvgIpc) is 2.57. The molecule has 1 fully saturated rings. The first-order valence-corrected chi connectivity index (χ1v) is 7.72. The quantitative estimate of drug-likeness (QED) is 0.869. The number of nitrogens with zero attached hydrogens (tertiary/aromatic N) is 1. The lowest BCUT2D eigenvalue weighted by Crippen LogP contribution is -2.37. The van der Waals surface area contributed by atoms with Crippen LogP contribution < -0.4 is 10.2 Å². The number of carbonyl (C=O) groups excluding carboxylic acids is 1. The van der Waals surface area contributed by atoms with Gasteiger partial charge in [0, 0.05) is 19.0 Å². The van der Waals surface area contributed by atoms with Gasteiger partial charge in [0.2, 0.25) is 5.91 Å². The average molecular weight is 286 g/mol. The van der Waals surface area contributed by atoms with Crippen LogP contribution in [-0.2, 0) is 9.53 Å².